The number of carbonyl (C=O) groups excluding carboxylic acids is 1. The van der Waals surface area contributed by atoms with Crippen LogP contribution in [0.3, 0.4) is 0 Å². The molecule has 0 spiro atoms. The SMILES string of the molecule is CCOc1cc(F)c(Cn2nc(-c3ncc(OCCCOC(=O)[C@H](C)N)c(Nc4ccncc4Cl)n3)c3ccccc32)c(F)c1. The molecule has 3 aromatic heterocycles. The number of pyridine rings is 1. The number of aromatic nitrogens is 5. The first kappa shape index (κ1) is 31.5. The van der Waals surface area contributed by atoms with Gasteiger partial charge in [0.2, 0.25) is 0 Å². The molecule has 0 aliphatic rings. The fourth-order valence-corrected chi connectivity index (χ4v) is 4.54. The van der Waals surface area contributed by atoms with E-state index in [0.717, 1.165) is 12.1 Å². The number of benzene rings is 2. The second kappa shape index (κ2) is 14.3. The molecule has 3 heterocycles. The van der Waals surface area contributed by atoms with Crippen LogP contribution in [0.4, 0.5) is 20.3 Å². The van der Waals surface area contributed by atoms with Crippen molar-refractivity contribution in [3.8, 4) is 23.0 Å². The summed E-state index contributed by atoms with van der Waals surface area (Å²) in [6.07, 6.45) is 4.92. The summed E-state index contributed by atoms with van der Waals surface area (Å²) in [5, 5.41) is 8.84. The monoisotopic (exact) mass is 637 g/mol. The summed E-state index contributed by atoms with van der Waals surface area (Å²) in [7, 11) is 0. The molecule has 0 fully saturated rings. The number of anilines is 2. The van der Waals surface area contributed by atoms with E-state index in [1.165, 1.54) is 17.1 Å². The van der Waals surface area contributed by atoms with Crippen LogP contribution in [0.5, 0.6) is 11.5 Å². The van der Waals surface area contributed by atoms with Crippen LogP contribution < -0.4 is 20.5 Å². The van der Waals surface area contributed by atoms with Crippen LogP contribution in [0.2, 0.25) is 5.02 Å². The van der Waals surface area contributed by atoms with Crippen LogP contribution in [0.1, 0.15) is 25.8 Å². The maximum absolute atomic E-state index is 15.0. The van der Waals surface area contributed by atoms with Crippen LogP contribution in [0, 0.1) is 11.6 Å². The van der Waals surface area contributed by atoms with Crippen molar-refractivity contribution in [2.24, 2.45) is 5.73 Å². The Morgan fingerprint density at radius 1 is 1.11 bits per heavy atom. The molecular weight excluding hydrogens is 608 g/mol. The van der Waals surface area contributed by atoms with Crippen molar-refractivity contribution in [2.45, 2.75) is 32.9 Å². The quantitative estimate of drug-likeness (QED) is 0.123. The Hall–Kier alpha value is -4.88. The number of nitrogens with zero attached hydrogens (tertiary/aromatic N) is 5. The van der Waals surface area contributed by atoms with Crippen molar-refractivity contribution >= 4 is 40.0 Å². The number of nitrogens with two attached hydrogens (primary N) is 1. The van der Waals surface area contributed by atoms with Crippen LogP contribution in [-0.2, 0) is 16.1 Å². The van der Waals surface area contributed by atoms with Crippen molar-refractivity contribution < 1.29 is 27.8 Å². The van der Waals surface area contributed by atoms with Crippen molar-refractivity contribution in [2.75, 3.05) is 25.1 Å². The predicted molar refractivity (Wildman–Crippen MR) is 165 cm³/mol. The average Bonchev–Trinajstić information content (AvgIpc) is 3.39. The summed E-state index contributed by atoms with van der Waals surface area (Å²) < 4.78 is 47.7. The van der Waals surface area contributed by atoms with Crippen molar-refractivity contribution in [1.82, 2.24) is 24.7 Å². The van der Waals surface area contributed by atoms with Crippen LogP contribution in [0.25, 0.3) is 22.4 Å². The van der Waals surface area contributed by atoms with Gasteiger partial charge in [-0.25, -0.2) is 18.7 Å². The Balaban J connectivity index is 1.47. The summed E-state index contributed by atoms with van der Waals surface area (Å²) in [4.78, 5) is 24.8. The Bertz CT molecular complexity index is 1800. The molecule has 11 nitrogen and oxygen atoms in total. The Labute approximate surface area is 262 Å². The van der Waals surface area contributed by atoms with Gasteiger partial charge in [-0.15, -0.1) is 0 Å². The van der Waals surface area contributed by atoms with Gasteiger partial charge in [-0.3, -0.25) is 14.5 Å². The lowest BCUT2D eigenvalue weighted by Crippen LogP contribution is -2.29. The third kappa shape index (κ3) is 7.44. The fourth-order valence-electron chi connectivity index (χ4n) is 4.37. The van der Waals surface area contributed by atoms with Crippen molar-refractivity contribution in [3.05, 3.63) is 83.3 Å². The molecule has 234 valence electrons. The van der Waals surface area contributed by atoms with E-state index in [0.29, 0.717) is 39.5 Å². The lowest BCUT2D eigenvalue weighted by molar-refractivity contribution is -0.144. The Morgan fingerprint density at radius 2 is 1.89 bits per heavy atom. The van der Waals surface area contributed by atoms with E-state index in [1.54, 1.807) is 38.2 Å². The number of hydrogen-bond acceptors (Lipinski definition) is 10. The summed E-state index contributed by atoms with van der Waals surface area (Å²) in [6.45, 7) is 3.68. The van der Waals surface area contributed by atoms with E-state index in [9.17, 15) is 13.6 Å². The molecule has 1 atom stereocenters. The molecule has 0 amide bonds. The maximum Gasteiger partial charge on any atom is 0.322 e. The fraction of sp³-hybridized carbons (Fsp3) is 0.258. The van der Waals surface area contributed by atoms with Gasteiger partial charge in [-0.1, -0.05) is 29.8 Å². The summed E-state index contributed by atoms with van der Waals surface area (Å²) in [5.41, 5.74) is 6.88. The molecule has 0 saturated heterocycles. The maximum atomic E-state index is 15.0. The predicted octanol–water partition coefficient (Wildman–Crippen LogP) is 5.67. The van der Waals surface area contributed by atoms with E-state index in [4.69, 9.17) is 36.5 Å². The van der Waals surface area contributed by atoms with Gasteiger partial charge in [0.05, 0.1) is 48.8 Å². The summed E-state index contributed by atoms with van der Waals surface area (Å²) in [5.74, 6) is -1.08. The molecule has 0 aliphatic carbocycles. The molecule has 3 N–H and O–H groups in total. The Kier molecular flexibility index (Phi) is 10.0. The molecular formula is C31H30ClF2N7O4. The van der Waals surface area contributed by atoms with Gasteiger partial charge in [0.1, 0.15) is 29.1 Å². The van der Waals surface area contributed by atoms with Crippen molar-refractivity contribution in [1.29, 1.82) is 0 Å². The van der Waals surface area contributed by atoms with Gasteiger partial charge in [-0.2, -0.15) is 5.10 Å². The number of hydrogen-bond donors (Lipinski definition) is 2. The van der Waals surface area contributed by atoms with Gasteiger partial charge < -0.3 is 25.3 Å². The van der Waals surface area contributed by atoms with E-state index < -0.39 is 23.6 Å². The third-order valence-electron chi connectivity index (χ3n) is 6.55. The standard InChI is InChI=1S/C31H30ClF2N7O4/c1-3-43-19-13-23(33)21(24(34)14-19)17-41-26-8-5-4-7-20(26)28(40-41)30-37-16-27(44-11-6-12-45-31(42)18(2)35)29(39-30)38-25-9-10-36-15-22(25)32/h4-5,7-10,13-16,18H,3,6,11-12,17,35H2,1-2H3,(H,36,37,38,39)/t18-/m0/s1. The van der Waals surface area contributed by atoms with Gasteiger partial charge in [0.15, 0.2) is 17.4 Å². The highest BCUT2D eigenvalue weighted by molar-refractivity contribution is 6.33. The number of para-hydroxylation sites is 1. The second-order valence-electron chi connectivity index (χ2n) is 9.87. The van der Waals surface area contributed by atoms with E-state index >= 15 is 0 Å². The smallest absolute Gasteiger partial charge is 0.322 e. The minimum atomic E-state index is -0.745. The number of fused-ring (bicyclic) bond motifs is 1. The number of halogens is 3. The normalized spacial score (nSPS) is 11.8. The van der Waals surface area contributed by atoms with Gasteiger partial charge in [0.25, 0.3) is 0 Å². The highest BCUT2D eigenvalue weighted by Crippen LogP contribution is 2.33. The average molecular weight is 638 g/mol. The topological polar surface area (TPSA) is 139 Å². The zero-order chi connectivity index (χ0) is 31.9. The molecule has 2 aromatic carbocycles. The van der Waals surface area contributed by atoms with E-state index in [2.05, 4.69) is 20.4 Å². The van der Waals surface area contributed by atoms with E-state index in [-0.39, 0.29) is 49.3 Å². The van der Waals surface area contributed by atoms with E-state index in [1.807, 2.05) is 12.1 Å². The lowest BCUT2D eigenvalue weighted by Gasteiger charge is -2.14. The van der Waals surface area contributed by atoms with Gasteiger partial charge in [-0.05, 0) is 26.0 Å². The number of carbonyl (C=O) groups is 1. The minimum absolute atomic E-state index is 0.110. The minimum Gasteiger partial charge on any atom is -0.494 e. The molecule has 0 aliphatic heterocycles. The largest absolute Gasteiger partial charge is 0.494 e. The highest BCUT2D eigenvalue weighted by Gasteiger charge is 2.20. The molecule has 5 aromatic rings. The van der Waals surface area contributed by atoms with Crippen LogP contribution >= 0.6 is 11.6 Å². The molecule has 0 bridgehead atoms. The van der Waals surface area contributed by atoms with Gasteiger partial charge >= 0.3 is 5.97 Å². The molecule has 0 radical (unpaired) electrons. The van der Waals surface area contributed by atoms with Gasteiger partial charge in [0, 0.05) is 41.9 Å². The zero-order valence-electron chi connectivity index (χ0n) is 24.5. The molecule has 5 rings (SSSR count). The second-order valence-corrected chi connectivity index (χ2v) is 10.3. The summed E-state index contributed by atoms with van der Waals surface area (Å²) >= 11 is 6.34. The third-order valence-corrected chi connectivity index (χ3v) is 6.85. The number of rotatable bonds is 13. The highest BCUT2D eigenvalue weighted by atomic mass is 35.5. The zero-order valence-corrected chi connectivity index (χ0v) is 25.2. The van der Waals surface area contributed by atoms with Crippen molar-refractivity contribution in [3.63, 3.8) is 0 Å². The van der Waals surface area contributed by atoms with Crippen LogP contribution in [0.15, 0.2) is 61.1 Å². The lowest BCUT2D eigenvalue weighted by atomic mass is 10.1. The molecule has 0 saturated carbocycles. The first-order valence-electron chi connectivity index (χ1n) is 14.1. The van der Waals surface area contributed by atoms with Crippen LogP contribution in [-0.4, -0.2) is 56.6 Å². The molecule has 45 heavy (non-hydrogen) atoms. The molecule has 0 unspecified atom stereocenters. The first-order valence-corrected chi connectivity index (χ1v) is 14.5. The first-order chi connectivity index (χ1) is 21.7. The number of ether oxygens (including phenoxy) is 3. The number of nitrogens with one attached hydrogen (secondary N) is 1. The molecule has 14 heteroatoms. The summed E-state index contributed by atoms with van der Waals surface area (Å²) in [6, 6.07) is 10.5. The Morgan fingerprint density at radius 3 is 2.62 bits per heavy atom. The number of esters is 1.